The molecule has 2 N–H and O–H groups in total. The molecule has 40 heavy (non-hydrogen) atoms. The minimum atomic E-state index is -0.656. The van der Waals surface area contributed by atoms with E-state index in [0.29, 0.717) is 5.02 Å². The van der Waals surface area contributed by atoms with E-state index in [-0.39, 0.29) is 19.1 Å². The fourth-order valence-electron chi connectivity index (χ4n) is 5.42. The highest BCUT2D eigenvalue weighted by Crippen LogP contribution is 2.44. The molecule has 0 radical (unpaired) electrons. The van der Waals surface area contributed by atoms with Gasteiger partial charge in [0, 0.05) is 34.6 Å². The van der Waals surface area contributed by atoms with Crippen LogP contribution in [0, 0.1) is 0 Å². The van der Waals surface area contributed by atoms with Gasteiger partial charge in [-0.2, -0.15) is 0 Å². The molecule has 1 saturated heterocycles. The van der Waals surface area contributed by atoms with Crippen molar-refractivity contribution in [2.75, 3.05) is 13.2 Å². The Bertz CT molecular complexity index is 1560. The highest BCUT2D eigenvalue weighted by molar-refractivity contribution is 6.56. The number of nitrogens with one attached hydrogen (secondary N) is 2. The number of H-pyrrole nitrogens is 1. The van der Waals surface area contributed by atoms with E-state index in [1.54, 1.807) is 0 Å². The Morgan fingerprint density at radius 2 is 1.62 bits per heavy atom. The zero-order valence-electron chi connectivity index (χ0n) is 23.1. The maximum Gasteiger partial charge on any atom is 0.492 e. The van der Waals surface area contributed by atoms with Crippen molar-refractivity contribution in [2.24, 2.45) is 0 Å². The topological polar surface area (TPSA) is 72.6 Å². The number of carbonyl (C=O) groups is 1. The van der Waals surface area contributed by atoms with E-state index in [1.807, 2.05) is 82.4 Å². The van der Waals surface area contributed by atoms with Gasteiger partial charge in [0.1, 0.15) is 6.61 Å². The van der Waals surface area contributed by atoms with E-state index in [2.05, 4.69) is 34.6 Å². The summed E-state index contributed by atoms with van der Waals surface area (Å²) in [6.07, 6.45) is 3.31. The second-order valence-electron chi connectivity index (χ2n) is 11.4. The molecule has 2 aliphatic rings. The van der Waals surface area contributed by atoms with Gasteiger partial charge in [-0.3, -0.25) is 0 Å². The average molecular weight is 555 g/mol. The number of hydrogen-bond donors (Lipinski definition) is 2. The minimum absolute atomic E-state index is 0.0110. The summed E-state index contributed by atoms with van der Waals surface area (Å²) in [6.45, 7) is 8.43. The molecule has 1 fully saturated rings. The summed E-state index contributed by atoms with van der Waals surface area (Å²) in [5.74, 6) is -0.0110. The Labute approximate surface area is 239 Å². The maximum atomic E-state index is 13.0. The molecule has 4 aromatic rings. The Kier molecular flexibility index (Phi) is 6.77. The molecule has 2 heterocycles. The number of carbonyl (C=O) groups excluding carboxylic acids is 1. The van der Waals surface area contributed by atoms with Crippen LogP contribution in [0.2, 0.25) is 5.02 Å². The number of aromatic amines is 1. The lowest BCUT2D eigenvalue weighted by Crippen LogP contribution is -2.41. The summed E-state index contributed by atoms with van der Waals surface area (Å²) >= 11 is 6.63. The zero-order chi connectivity index (χ0) is 28.1. The number of fused-ring (bicyclic) bond motifs is 4. The number of ether oxygens (including phenoxy) is 1. The van der Waals surface area contributed by atoms with Crippen LogP contribution >= 0.6 is 11.6 Å². The van der Waals surface area contributed by atoms with Crippen molar-refractivity contribution < 1.29 is 18.8 Å². The molecule has 8 heteroatoms. The van der Waals surface area contributed by atoms with Gasteiger partial charge in [0.15, 0.2) is 0 Å². The Morgan fingerprint density at radius 1 is 1.00 bits per heavy atom. The molecule has 1 aliphatic heterocycles. The number of aromatic nitrogens is 1. The van der Waals surface area contributed by atoms with E-state index in [9.17, 15) is 4.79 Å². The summed E-state index contributed by atoms with van der Waals surface area (Å²) in [5.41, 5.74) is 6.16. The molecule has 1 aromatic heterocycles. The molecular formula is C32H32BClN2O4. The first kappa shape index (κ1) is 26.7. The predicted molar refractivity (Wildman–Crippen MR) is 160 cm³/mol. The lowest BCUT2D eigenvalue weighted by molar-refractivity contribution is 0.00578. The Morgan fingerprint density at radius 3 is 2.27 bits per heavy atom. The van der Waals surface area contributed by atoms with Crippen LogP contribution in [0.5, 0.6) is 0 Å². The third kappa shape index (κ3) is 4.83. The number of amides is 1. The van der Waals surface area contributed by atoms with Crippen LogP contribution in [0.25, 0.3) is 28.1 Å². The smallest absolute Gasteiger partial charge is 0.449 e. The highest BCUT2D eigenvalue weighted by atomic mass is 35.5. The molecule has 3 aromatic carbocycles. The molecule has 0 spiro atoms. The molecule has 1 aliphatic carbocycles. The van der Waals surface area contributed by atoms with E-state index >= 15 is 0 Å². The number of hydrogen-bond acceptors (Lipinski definition) is 4. The maximum absolute atomic E-state index is 13.0. The molecule has 6 nitrogen and oxygen atoms in total. The summed E-state index contributed by atoms with van der Waals surface area (Å²) in [4.78, 5) is 16.2. The summed E-state index contributed by atoms with van der Waals surface area (Å²) in [6, 6.07) is 22.5. The number of benzene rings is 3. The number of alkyl carbamates (subject to hydrolysis) is 1. The SMILES string of the molecule is CC1(C)OB(C(=Cc2cc3cc[nH]c3cc2Cl)CNC(=O)OCC2c3ccccc3-c3ccccc32)OC1(C)C. The first-order valence-electron chi connectivity index (χ1n) is 13.5. The molecule has 0 bridgehead atoms. The predicted octanol–water partition coefficient (Wildman–Crippen LogP) is 7.37. The zero-order valence-corrected chi connectivity index (χ0v) is 23.8. The molecule has 204 valence electrons. The first-order chi connectivity index (χ1) is 19.1. The van der Waals surface area contributed by atoms with Crippen LogP contribution in [0.1, 0.15) is 50.3 Å². The molecule has 0 atom stereocenters. The van der Waals surface area contributed by atoms with Crippen LogP contribution < -0.4 is 5.32 Å². The Balaban J connectivity index is 1.20. The van der Waals surface area contributed by atoms with Crippen molar-refractivity contribution in [1.29, 1.82) is 0 Å². The number of rotatable bonds is 6. The average Bonchev–Trinajstić information content (AvgIpc) is 3.56. The van der Waals surface area contributed by atoms with Crippen molar-refractivity contribution in [2.45, 2.75) is 44.8 Å². The van der Waals surface area contributed by atoms with Crippen molar-refractivity contribution >= 4 is 41.8 Å². The monoisotopic (exact) mass is 554 g/mol. The second-order valence-corrected chi connectivity index (χ2v) is 11.8. The third-order valence-electron chi connectivity index (χ3n) is 8.35. The summed E-state index contributed by atoms with van der Waals surface area (Å²) < 4.78 is 18.4. The van der Waals surface area contributed by atoms with Crippen LogP contribution in [-0.4, -0.2) is 42.5 Å². The van der Waals surface area contributed by atoms with Gasteiger partial charge in [0.2, 0.25) is 0 Å². The van der Waals surface area contributed by atoms with Crippen LogP contribution in [-0.2, 0) is 14.0 Å². The van der Waals surface area contributed by atoms with Crippen molar-refractivity contribution in [1.82, 2.24) is 10.3 Å². The van der Waals surface area contributed by atoms with Crippen LogP contribution in [0.4, 0.5) is 4.79 Å². The van der Waals surface area contributed by atoms with Crippen LogP contribution in [0.3, 0.4) is 0 Å². The van der Waals surface area contributed by atoms with Crippen molar-refractivity contribution in [3.05, 3.63) is 100 Å². The van der Waals surface area contributed by atoms with Gasteiger partial charge in [-0.15, -0.1) is 0 Å². The lowest BCUT2D eigenvalue weighted by atomic mass is 9.77. The van der Waals surface area contributed by atoms with E-state index < -0.39 is 24.4 Å². The lowest BCUT2D eigenvalue weighted by Gasteiger charge is -2.32. The van der Waals surface area contributed by atoms with Gasteiger partial charge in [-0.05, 0) is 79.2 Å². The van der Waals surface area contributed by atoms with Gasteiger partial charge < -0.3 is 24.3 Å². The fourth-order valence-corrected chi connectivity index (χ4v) is 5.64. The van der Waals surface area contributed by atoms with Crippen LogP contribution in [0.15, 0.2) is 78.4 Å². The molecule has 1 amide bonds. The summed E-state index contributed by atoms with van der Waals surface area (Å²) in [7, 11) is -0.656. The van der Waals surface area contributed by atoms with Gasteiger partial charge in [0.25, 0.3) is 0 Å². The molecule has 6 rings (SSSR count). The van der Waals surface area contributed by atoms with E-state index in [4.69, 9.17) is 25.6 Å². The molecule has 0 saturated carbocycles. The summed E-state index contributed by atoms with van der Waals surface area (Å²) in [5, 5.41) is 4.54. The third-order valence-corrected chi connectivity index (χ3v) is 8.68. The first-order valence-corrected chi connectivity index (χ1v) is 13.9. The number of halogens is 1. The Hall–Kier alpha value is -3.52. The fraction of sp³-hybridized carbons (Fsp3) is 0.281. The second kappa shape index (κ2) is 10.1. The van der Waals surface area contributed by atoms with Gasteiger partial charge in [-0.1, -0.05) is 66.2 Å². The van der Waals surface area contributed by atoms with Crippen molar-refractivity contribution in [3.8, 4) is 11.1 Å². The molecule has 0 unspecified atom stereocenters. The quantitative estimate of drug-likeness (QED) is 0.244. The van der Waals surface area contributed by atoms with E-state index in [0.717, 1.165) is 21.9 Å². The van der Waals surface area contributed by atoms with Gasteiger partial charge in [0.05, 0.1) is 11.2 Å². The van der Waals surface area contributed by atoms with Gasteiger partial charge in [-0.25, -0.2) is 4.79 Å². The highest BCUT2D eigenvalue weighted by Gasteiger charge is 2.52. The normalized spacial score (nSPS) is 17.6. The van der Waals surface area contributed by atoms with Crippen molar-refractivity contribution in [3.63, 3.8) is 0 Å². The minimum Gasteiger partial charge on any atom is -0.449 e. The largest absolute Gasteiger partial charge is 0.492 e. The standard InChI is InChI=1S/C32H32BClN2O4/c1-31(2)32(3,4)40-33(39-31)22(16-21-15-20-13-14-35-29(20)17-28(21)34)18-36-30(37)38-19-27-25-11-7-5-9-23(25)24-10-6-8-12-26(24)27/h5-17,27,35H,18-19H2,1-4H3,(H,36,37). The molecular weight excluding hydrogens is 523 g/mol. The van der Waals surface area contributed by atoms with E-state index in [1.165, 1.54) is 22.3 Å². The van der Waals surface area contributed by atoms with Gasteiger partial charge >= 0.3 is 13.2 Å².